The molecule has 0 aliphatic carbocycles. The fourth-order valence-electron chi connectivity index (χ4n) is 1.92. The SMILES string of the molecule is CC(OCn1cc(-c2ccc(F)c(F)c2F)nc1C=O)[Si](C)(C)C. The molecular weight excluding hydrogens is 337 g/mol. The largest absolute Gasteiger partial charge is 0.361 e. The number of aromatic nitrogens is 2. The lowest BCUT2D eigenvalue weighted by molar-refractivity contribution is 0.0548. The Labute approximate surface area is 139 Å². The Morgan fingerprint density at radius 2 is 1.92 bits per heavy atom. The van der Waals surface area contributed by atoms with Gasteiger partial charge in [-0.1, -0.05) is 19.6 Å². The normalized spacial score (nSPS) is 13.1. The molecule has 0 saturated carbocycles. The molecule has 0 amide bonds. The number of rotatable bonds is 6. The van der Waals surface area contributed by atoms with E-state index in [1.165, 1.54) is 10.8 Å². The Bertz CT molecular complexity index is 757. The van der Waals surface area contributed by atoms with Crippen molar-refractivity contribution in [3.63, 3.8) is 0 Å². The number of ether oxygens (including phenoxy) is 1. The van der Waals surface area contributed by atoms with Gasteiger partial charge in [-0.3, -0.25) is 4.79 Å². The first-order valence-electron chi connectivity index (χ1n) is 7.43. The average molecular weight is 356 g/mol. The van der Waals surface area contributed by atoms with Gasteiger partial charge in [-0.15, -0.1) is 0 Å². The molecule has 130 valence electrons. The maximum atomic E-state index is 13.9. The molecule has 24 heavy (non-hydrogen) atoms. The maximum Gasteiger partial charge on any atom is 0.195 e. The van der Waals surface area contributed by atoms with Crippen molar-refractivity contribution in [1.82, 2.24) is 9.55 Å². The van der Waals surface area contributed by atoms with Crippen molar-refractivity contribution in [3.8, 4) is 11.3 Å². The van der Waals surface area contributed by atoms with Gasteiger partial charge in [0.15, 0.2) is 29.6 Å². The summed E-state index contributed by atoms with van der Waals surface area (Å²) in [7, 11) is -1.52. The summed E-state index contributed by atoms with van der Waals surface area (Å²) < 4.78 is 47.5. The van der Waals surface area contributed by atoms with Gasteiger partial charge in [0.1, 0.15) is 6.73 Å². The maximum absolute atomic E-state index is 13.9. The second-order valence-electron chi connectivity index (χ2n) is 6.60. The molecule has 2 rings (SSSR count). The van der Waals surface area contributed by atoms with Crippen LogP contribution in [0.15, 0.2) is 18.3 Å². The fourth-order valence-corrected chi connectivity index (χ4v) is 2.50. The Kier molecular flexibility index (Phi) is 5.29. The average Bonchev–Trinajstić information content (AvgIpc) is 2.92. The molecule has 1 atom stereocenters. The molecule has 0 aliphatic rings. The summed E-state index contributed by atoms with van der Waals surface area (Å²) >= 11 is 0. The fraction of sp³-hybridized carbons (Fsp3) is 0.375. The molecule has 1 aromatic carbocycles. The molecule has 0 saturated heterocycles. The van der Waals surface area contributed by atoms with Crippen LogP contribution in [0.4, 0.5) is 13.2 Å². The molecule has 0 aliphatic heterocycles. The number of carbonyl (C=O) groups is 1. The molecule has 8 heteroatoms. The van der Waals surface area contributed by atoms with Gasteiger partial charge in [0.05, 0.1) is 13.8 Å². The van der Waals surface area contributed by atoms with E-state index in [1.807, 2.05) is 6.92 Å². The molecular formula is C16H19F3N2O2Si. The van der Waals surface area contributed by atoms with E-state index in [0.717, 1.165) is 12.1 Å². The van der Waals surface area contributed by atoms with Gasteiger partial charge in [-0.25, -0.2) is 18.2 Å². The van der Waals surface area contributed by atoms with E-state index in [0.29, 0.717) is 6.29 Å². The number of benzene rings is 1. The van der Waals surface area contributed by atoms with Crippen molar-refractivity contribution < 1.29 is 22.7 Å². The third-order valence-corrected chi connectivity index (χ3v) is 6.51. The molecule has 0 spiro atoms. The summed E-state index contributed by atoms with van der Waals surface area (Å²) in [4.78, 5) is 15.1. The number of imidazole rings is 1. The van der Waals surface area contributed by atoms with Crippen LogP contribution in [0.5, 0.6) is 0 Å². The van der Waals surface area contributed by atoms with Crippen LogP contribution in [0.2, 0.25) is 19.6 Å². The zero-order valence-electron chi connectivity index (χ0n) is 13.9. The first-order valence-corrected chi connectivity index (χ1v) is 11.0. The molecule has 2 aromatic rings. The van der Waals surface area contributed by atoms with Gasteiger partial charge in [-0.05, 0) is 19.1 Å². The van der Waals surface area contributed by atoms with Crippen molar-refractivity contribution in [2.75, 3.05) is 0 Å². The van der Waals surface area contributed by atoms with Crippen LogP contribution < -0.4 is 0 Å². The van der Waals surface area contributed by atoms with E-state index in [9.17, 15) is 18.0 Å². The molecule has 4 nitrogen and oxygen atoms in total. The van der Waals surface area contributed by atoms with E-state index in [2.05, 4.69) is 24.6 Å². The summed E-state index contributed by atoms with van der Waals surface area (Å²) in [6.45, 7) is 8.47. The number of hydrogen-bond donors (Lipinski definition) is 0. The van der Waals surface area contributed by atoms with Crippen LogP contribution in [0.3, 0.4) is 0 Å². The zero-order valence-corrected chi connectivity index (χ0v) is 14.9. The second-order valence-corrected chi connectivity index (χ2v) is 12.1. The van der Waals surface area contributed by atoms with Crippen molar-refractivity contribution in [2.24, 2.45) is 0 Å². The minimum absolute atomic E-state index is 0.0249. The lowest BCUT2D eigenvalue weighted by Crippen LogP contribution is -2.38. The van der Waals surface area contributed by atoms with E-state index < -0.39 is 25.5 Å². The summed E-state index contributed by atoms with van der Waals surface area (Å²) in [5.41, 5.74) is -0.144. The predicted octanol–water partition coefficient (Wildman–Crippen LogP) is 4.02. The van der Waals surface area contributed by atoms with Crippen LogP contribution in [0.1, 0.15) is 17.5 Å². The van der Waals surface area contributed by atoms with E-state index in [4.69, 9.17) is 4.74 Å². The summed E-state index contributed by atoms with van der Waals surface area (Å²) in [5.74, 6) is -4.16. The molecule has 0 fully saturated rings. The van der Waals surface area contributed by atoms with Crippen molar-refractivity contribution in [2.45, 2.75) is 39.0 Å². The highest BCUT2D eigenvalue weighted by atomic mass is 28.3. The van der Waals surface area contributed by atoms with Gasteiger partial charge < -0.3 is 9.30 Å². The number of aldehydes is 1. The number of halogens is 3. The predicted molar refractivity (Wildman–Crippen MR) is 86.8 cm³/mol. The smallest absolute Gasteiger partial charge is 0.195 e. The third kappa shape index (κ3) is 3.76. The lowest BCUT2D eigenvalue weighted by Gasteiger charge is -2.25. The number of hydrogen-bond acceptors (Lipinski definition) is 3. The van der Waals surface area contributed by atoms with E-state index in [-0.39, 0.29) is 29.5 Å². The van der Waals surface area contributed by atoms with Gasteiger partial charge in [-0.2, -0.15) is 0 Å². The van der Waals surface area contributed by atoms with Gasteiger partial charge in [0, 0.05) is 17.5 Å². The summed E-state index contributed by atoms with van der Waals surface area (Å²) in [6.07, 6.45) is 1.89. The van der Waals surface area contributed by atoms with Gasteiger partial charge in [0.2, 0.25) is 0 Å². The quantitative estimate of drug-likeness (QED) is 0.446. The van der Waals surface area contributed by atoms with Crippen LogP contribution >= 0.6 is 0 Å². The van der Waals surface area contributed by atoms with E-state index >= 15 is 0 Å². The third-order valence-electron chi connectivity index (χ3n) is 3.91. The zero-order chi connectivity index (χ0) is 18.1. The first kappa shape index (κ1) is 18.4. The van der Waals surface area contributed by atoms with Crippen LogP contribution in [-0.4, -0.2) is 29.6 Å². The minimum Gasteiger partial charge on any atom is -0.361 e. The summed E-state index contributed by atoms with van der Waals surface area (Å²) in [6, 6.07) is 1.90. The second kappa shape index (κ2) is 6.90. The Morgan fingerprint density at radius 3 is 2.50 bits per heavy atom. The monoisotopic (exact) mass is 356 g/mol. The molecule has 0 radical (unpaired) electrons. The highest BCUT2D eigenvalue weighted by molar-refractivity contribution is 6.77. The lowest BCUT2D eigenvalue weighted by atomic mass is 10.1. The van der Waals surface area contributed by atoms with Crippen molar-refractivity contribution >= 4 is 14.4 Å². The topological polar surface area (TPSA) is 44.1 Å². The highest BCUT2D eigenvalue weighted by Crippen LogP contribution is 2.25. The number of nitrogens with zero attached hydrogens (tertiary/aromatic N) is 2. The van der Waals surface area contributed by atoms with Crippen molar-refractivity contribution in [1.29, 1.82) is 0 Å². The van der Waals surface area contributed by atoms with Crippen molar-refractivity contribution in [3.05, 3.63) is 41.6 Å². The highest BCUT2D eigenvalue weighted by Gasteiger charge is 2.24. The van der Waals surface area contributed by atoms with Gasteiger partial charge >= 0.3 is 0 Å². The molecule has 1 heterocycles. The Morgan fingerprint density at radius 1 is 1.25 bits per heavy atom. The number of carbonyl (C=O) groups excluding carboxylic acids is 1. The minimum atomic E-state index is -1.57. The molecule has 1 aromatic heterocycles. The Balaban J connectivity index is 2.31. The van der Waals surface area contributed by atoms with Gasteiger partial charge in [0.25, 0.3) is 0 Å². The summed E-state index contributed by atoms with van der Waals surface area (Å²) in [5, 5.41) is 0. The standard InChI is InChI=1S/C16H19F3N2O2Si/c1-10(24(2,3)4)23-9-21-7-13(20-14(21)8-22)11-5-6-12(17)16(19)15(11)18/h5-8,10H,9H2,1-4H3. The first-order chi connectivity index (χ1) is 11.1. The Hall–Kier alpha value is -1.93. The van der Waals surface area contributed by atoms with Crippen LogP contribution in [0.25, 0.3) is 11.3 Å². The van der Waals surface area contributed by atoms with Crippen LogP contribution in [0, 0.1) is 17.5 Å². The van der Waals surface area contributed by atoms with E-state index in [1.54, 1.807) is 0 Å². The van der Waals surface area contributed by atoms with Crippen LogP contribution in [-0.2, 0) is 11.5 Å². The molecule has 1 unspecified atom stereocenters. The molecule has 0 N–H and O–H groups in total. The molecule has 0 bridgehead atoms.